The molecule has 46 heavy (non-hydrogen) atoms. The van der Waals surface area contributed by atoms with Gasteiger partial charge in [0.25, 0.3) is 0 Å². The predicted octanol–water partition coefficient (Wildman–Crippen LogP) is 9.58. The first kappa shape index (κ1) is 30.7. The Morgan fingerprint density at radius 1 is 0.696 bits per heavy atom. The smallest absolute Gasteiger partial charge is 0.242 e. The number of benzene rings is 4. The molecule has 2 saturated heterocycles. The monoisotopic (exact) mass is 623 g/mol. The number of alkyl halides is 2. The summed E-state index contributed by atoms with van der Waals surface area (Å²) in [6.45, 7) is 9.48. The van der Waals surface area contributed by atoms with Gasteiger partial charge >= 0.3 is 0 Å². The minimum atomic E-state index is -2.43. The molecule has 7 heteroatoms. The van der Waals surface area contributed by atoms with Gasteiger partial charge in [0.2, 0.25) is 12.3 Å². The molecule has 238 valence electrons. The van der Waals surface area contributed by atoms with Crippen molar-refractivity contribution in [2.45, 2.75) is 65.5 Å². The van der Waals surface area contributed by atoms with E-state index in [1.54, 1.807) is 12.1 Å². The molecule has 0 radical (unpaired) electrons. The molecule has 4 aromatic carbocycles. The van der Waals surface area contributed by atoms with Crippen LogP contribution in [0.25, 0.3) is 44.8 Å². The van der Waals surface area contributed by atoms with E-state index in [2.05, 4.69) is 35.8 Å². The maximum absolute atomic E-state index is 15.3. The zero-order valence-corrected chi connectivity index (χ0v) is 26.6. The van der Waals surface area contributed by atoms with Crippen LogP contribution in [0.1, 0.15) is 53.5 Å². The third-order valence-corrected chi connectivity index (χ3v) is 9.82. The van der Waals surface area contributed by atoms with Crippen molar-refractivity contribution >= 4 is 11.1 Å². The first-order chi connectivity index (χ1) is 22.3. The van der Waals surface area contributed by atoms with Gasteiger partial charge in [-0.1, -0.05) is 42.5 Å². The Hall–Kier alpha value is -3.94. The number of aromatic nitrogens is 1. The SMILES string of the molecule is Cc1c(-c2ccc(CN3CCCC3)c(F)c2)cccc1-c1cccc(-c2nc3cc(CN4CCCC4)c(CC(F)F)cc3o2)c1C. The number of hydrogen-bond acceptors (Lipinski definition) is 4. The van der Waals surface area contributed by atoms with Crippen LogP contribution in [0.5, 0.6) is 0 Å². The lowest BCUT2D eigenvalue weighted by atomic mass is 9.89. The molecule has 2 aliphatic rings. The molecule has 2 aliphatic heterocycles. The van der Waals surface area contributed by atoms with Crippen LogP contribution in [-0.4, -0.2) is 47.4 Å². The van der Waals surface area contributed by atoms with E-state index >= 15 is 4.39 Å². The number of halogens is 3. The highest BCUT2D eigenvalue weighted by molar-refractivity contribution is 5.84. The molecule has 0 aliphatic carbocycles. The van der Waals surface area contributed by atoms with Crippen LogP contribution >= 0.6 is 0 Å². The van der Waals surface area contributed by atoms with Crippen LogP contribution in [0.4, 0.5) is 13.2 Å². The van der Waals surface area contributed by atoms with Crippen LogP contribution in [0.15, 0.2) is 71.1 Å². The van der Waals surface area contributed by atoms with Crippen LogP contribution in [0.3, 0.4) is 0 Å². The van der Waals surface area contributed by atoms with Crippen molar-refractivity contribution in [2.24, 2.45) is 0 Å². The van der Waals surface area contributed by atoms with Crippen molar-refractivity contribution in [3.05, 3.63) is 100 Å². The van der Waals surface area contributed by atoms with Crippen LogP contribution in [0, 0.1) is 19.7 Å². The van der Waals surface area contributed by atoms with Gasteiger partial charge in [0, 0.05) is 30.6 Å². The van der Waals surface area contributed by atoms with Crippen LogP contribution < -0.4 is 0 Å². The fourth-order valence-corrected chi connectivity index (χ4v) is 7.28. The first-order valence-electron chi connectivity index (χ1n) is 16.5. The fraction of sp³-hybridized carbons (Fsp3) is 0.359. The maximum atomic E-state index is 15.3. The third kappa shape index (κ3) is 6.23. The second kappa shape index (κ2) is 13.0. The van der Waals surface area contributed by atoms with Crippen LogP contribution in [0.2, 0.25) is 0 Å². The van der Waals surface area contributed by atoms with Gasteiger partial charge in [0.1, 0.15) is 11.3 Å². The predicted molar refractivity (Wildman–Crippen MR) is 178 cm³/mol. The summed E-state index contributed by atoms with van der Waals surface area (Å²) in [6.07, 6.45) is 1.91. The Morgan fingerprint density at radius 3 is 1.91 bits per heavy atom. The number of rotatable bonds is 9. The summed E-state index contributed by atoms with van der Waals surface area (Å²) in [5.41, 5.74) is 10.3. The Balaban J connectivity index is 1.21. The summed E-state index contributed by atoms with van der Waals surface area (Å²) in [7, 11) is 0. The van der Waals surface area contributed by atoms with Crippen molar-refractivity contribution in [3.63, 3.8) is 0 Å². The molecule has 7 rings (SSSR count). The molecular formula is C39H40F3N3O. The average molecular weight is 624 g/mol. The second-order valence-electron chi connectivity index (χ2n) is 12.9. The molecule has 0 N–H and O–H groups in total. The highest BCUT2D eigenvalue weighted by Crippen LogP contribution is 2.38. The summed E-state index contributed by atoms with van der Waals surface area (Å²) in [4.78, 5) is 9.49. The third-order valence-electron chi connectivity index (χ3n) is 9.82. The summed E-state index contributed by atoms with van der Waals surface area (Å²) in [5, 5.41) is 0. The standard InChI is InChI=1S/C39H40F3N3O/c1-25-31(27-13-14-28(35(40)19-27)23-44-15-3-4-16-44)9-7-10-32(25)33-11-8-12-34(26(33)2)39-43-36-20-30(24-45-17-5-6-18-45)29(22-38(41)42)21-37(36)46-39/h7-14,19-21,38H,3-6,15-18,22-24H2,1-2H3. The number of fused-ring (bicyclic) bond motifs is 1. The number of oxazole rings is 1. The largest absolute Gasteiger partial charge is 0.436 e. The number of hydrogen-bond donors (Lipinski definition) is 0. The summed E-state index contributed by atoms with van der Waals surface area (Å²) in [5.74, 6) is 0.309. The zero-order chi connectivity index (χ0) is 31.8. The van der Waals surface area contributed by atoms with Crippen molar-refractivity contribution < 1.29 is 17.6 Å². The van der Waals surface area contributed by atoms with Gasteiger partial charge in [-0.15, -0.1) is 0 Å². The van der Waals surface area contributed by atoms with E-state index in [4.69, 9.17) is 9.40 Å². The summed E-state index contributed by atoms with van der Waals surface area (Å²) >= 11 is 0. The lowest BCUT2D eigenvalue weighted by Crippen LogP contribution is -2.19. The lowest BCUT2D eigenvalue weighted by molar-refractivity contribution is 0.148. The van der Waals surface area contributed by atoms with Gasteiger partial charge in [-0.25, -0.2) is 18.2 Å². The van der Waals surface area contributed by atoms with Gasteiger partial charge in [0.05, 0.1) is 0 Å². The maximum Gasteiger partial charge on any atom is 0.242 e. The van der Waals surface area contributed by atoms with Gasteiger partial charge in [-0.3, -0.25) is 9.80 Å². The Kier molecular flexibility index (Phi) is 8.71. The normalized spacial score (nSPS) is 16.0. The van der Waals surface area contributed by atoms with E-state index in [1.165, 1.54) is 12.8 Å². The molecule has 0 spiro atoms. The summed E-state index contributed by atoms with van der Waals surface area (Å²) < 4.78 is 48.6. The van der Waals surface area contributed by atoms with Crippen molar-refractivity contribution in [2.75, 3.05) is 26.2 Å². The fourth-order valence-electron chi connectivity index (χ4n) is 7.28. The van der Waals surface area contributed by atoms with Gasteiger partial charge < -0.3 is 4.42 Å². The van der Waals surface area contributed by atoms with E-state index in [-0.39, 0.29) is 12.2 Å². The van der Waals surface area contributed by atoms with Crippen molar-refractivity contribution in [1.82, 2.24) is 14.8 Å². The van der Waals surface area contributed by atoms with Crippen molar-refractivity contribution in [1.29, 1.82) is 0 Å². The molecule has 0 bridgehead atoms. The van der Waals surface area contributed by atoms with Gasteiger partial charge in [-0.2, -0.15) is 0 Å². The van der Waals surface area contributed by atoms with Crippen LogP contribution in [-0.2, 0) is 19.5 Å². The zero-order valence-electron chi connectivity index (χ0n) is 26.6. The molecule has 0 unspecified atom stereocenters. The molecular weight excluding hydrogens is 583 g/mol. The van der Waals surface area contributed by atoms with E-state index in [1.807, 2.05) is 42.5 Å². The molecule has 1 aromatic heterocycles. The highest BCUT2D eigenvalue weighted by Gasteiger charge is 2.21. The molecule has 2 fully saturated rings. The van der Waals surface area contributed by atoms with E-state index in [9.17, 15) is 8.78 Å². The van der Waals surface area contributed by atoms with Gasteiger partial charge in [0.15, 0.2) is 5.58 Å². The molecule has 0 atom stereocenters. The van der Waals surface area contributed by atoms with Crippen molar-refractivity contribution in [3.8, 4) is 33.7 Å². The van der Waals surface area contributed by atoms with E-state index in [0.29, 0.717) is 35.6 Å². The molecule has 4 nitrogen and oxygen atoms in total. The minimum Gasteiger partial charge on any atom is -0.436 e. The quantitative estimate of drug-likeness (QED) is 0.164. The second-order valence-corrected chi connectivity index (χ2v) is 12.9. The molecule has 0 saturated carbocycles. The summed E-state index contributed by atoms with van der Waals surface area (Å²) in [6, 6.07) is 21.5. The van der Waals surface area contributed by atoms with Gasteiger partial charge in [-0.05, 0) is 134 Å². The number of nitrogens with zero attached hydrogens (tertiary/aromatic N) is 3. The van der Waals surface area contributed by atoms with E-state index in [0.717, 1.165) is 89.1 Å². The molecule has 3 heterocycles. The first-order valence-corrected chi connectivity index (χ1v) is 16.5. The van der Waals surface area contributed by atoms with E-state index < -0.39 is 6.43 Å². The highest BCUT2D eigenvalue weighted by atomic mass is 19.3. The topological polar surface area (TPSA) is 32.5 Å². The molecule has 0 amide bonds. The number of likely N-dealkylation sites (tertiary alicyclic amines) is 2. The lowest BCUT2D eigenvalue weighted by Gasteiger charge is -2.17. The Labute approximate surface area is 268 Å². The molecule has 5 aromatic rings. The minimum absolute atomic E-state index is 0.163. The Morgan fingerprint density at radius 2 is 1.28 bits per heavy atom. The average Bonchev–Trinajstić information content (AvgIpc) is 3.82. The Bertz CT molecular complexity index is 1870.